The van der Waals surface area contributed by atoms with Crippen LogP contribution in [0.4, 0.5) is 0 Å². The summed E-state index contributed by atoms with van der Waals surface area (Å²) in [6, 6.07) is 0. The van der Waals surface area contributed by atoms with Gasteiger partial charge in [-0.25, -0.2) is 0 Å². The molecule has 0 saturated carbocycles. The first-order chi connectivity index (χ1) is 4.00. The van der Waals surface area contributed by atoms with Crippen LogP contribution in [-0.4, -0.2) is 10.9 Å². The number of nitrogens with one attached hydrogen (secondary N) is 1. The molecule has 0 unspecified atom stereocenters. The number of rotatable bonds is 1. The second-order valence-electron chi connectivity index (χ2n) is 0.923. The van der Waals surface area contributed by atoms with Gasteiger partial charge in [0.15, 0.2) is 5.96 Å². The number of nitrogens with two attached hydrogens (primary N) is 2. The Morgan fingerprint density at radius 2 is 1.89 bits per heavy atom. The third kappa shape index (κ3) is 742. The van der Waals surface area contributed by atoms with Crippen molar-refractivity contribution < 1.29 is 4.92 Å². The Labute approximate surface area is 51.8 Å². The van der Waals surface area contributed by atoms with Gasteiger partial charge in [-0.1, -0.05) is 0 Å². The van der Waals surface area contributed by atoms with E-state index >= 15 is 0 Å². The molecule has 0 aliphatic carbocycles. The third-order valence-corrected chi connectivity index (χ3v) is 0.149. The molecule has 5 N–H and O–H groups in total. The average Bonchev–Trinajstić information content (AvgIpc) is 1.65. The van der Waals surface area contributed by atoms with E-state index in [1.54, 1.807) is 0 Å². The Morgan fingerprint density at radius 1 is 1.78 bits per heavy atom. The molecule has 52 valence electrons. The third-order valence-electron chi connectivity index (χ3n) is 0.149. The van der Waals surface area contributed by atoms with Crippen molar-refractivity contribution >= 4 is 5.96 Å². The number of nitrogens with zero attached hydrogens (tertiary/aromatic N) is 1. The van der Waals surface area contributed by atoms with Crippen LogP contribution in [0.15, 0.2) is 12.8 Å². The van der Waals surface area contributed by atoms with E-state index in [9.17, 15) is 0 Å². The number of guanidine groups is 1. The molecular weight excluding hydrogens is 124 g/mol. The zero-order valence-electron chi connectivity index (χ0n) is 4.70. The highest BCUT2D eigenvalue weighted by Crippen LogP contribution is 1.57. The molecule has 0 spiro atoms. The molecule has 0 amide bonds. The maximum absolute atomic E-state index is 9.06. The largest absolute Gasteiger partial charge is 0.370 e. The molecule has 0 aromatic rings. The van der Waals surface area contributed by atoms with Gasteiger partial charge in [0.25, 0.3) is 0 Å². The van der Waals surface area contributed by atoms with Crippen LogP contribution in [0.25, 0.3) is 0 Å². The van der Waals surface area contributed by atoms with Crippen LogP contribution in [0.5, 0.6) is 0 Å². The molecule has 0 aromatic heterocycles. The monoisotopic (exact) mass is 132 g/mol. The van der Waals surface area contributed by atoms with Crippen LogP contribution in [0.2, 0.25) is 0 Å². The second-order valence-corrected chi connectivity index (χ2v) is 0.923. The van der Waals surface area contributed by atoms with E-state index in [-0.39, 0.29) is 5.96 Å². The molecule has 0 heterocycles. The highest BCUT2D eigenvalue weighted by atomic mass is 16.6. The van der Waals surface area contributed by atoms with Crippen molar-refractivity contribution in [1.82, 2.24) is 0 Å². The summed E-state index contributed by atoms with van der Waals surface area (Å²) >= 11 is 0. The predicted molar refractivity (Wildman–Crippen MR) is 33.3 cm³/mol. The van der Waals surface area contributed by atoms with Gasteiger partial charge in [0.1, 0.15) is 0 Å². The van der Waals surface area contributed by atoms with Crippen molar-refractivity contribution in [3.8, 4) is 0 Å². The van der Waals surface area contributed by atoms with Crippen LogP contribution in [0.3, 0.4) is 0 Å². The van der Waals surface area contributed by atoms with Crippen LogP contribution < -0.4 is 11.5 Å². The lowest BCUT2D eigenvalue weighted by molar-refractivity contribution is -0.401. The van der Waals surface area contributed by atoms with Crippen molar-refractivity contribution in [1.29, 1.82) is 5.41 Å². The van der Waals surface area contributed by atoms with Gasteiger partial charge >= 0.3 is 0 Å². The maximum Gasteiger partial charge on any atom is 0.227 e. The lowest BCUT2D eigenvalue weighted by Crippen LogP contribution is -2.20. The van der Waals surface area contributed by atoms with Gasteiger partial charge in [0.05, 0.1) is 4.92 Å². The molecule has 0 bridgehead atoms. The Kier molecular flexibility index (Phi) is 7.41. The summed E-state index contributed by atoms with van der Waals surface area (Å²) in [6.07, 6.45) is 0.639. The topological polar surface area (TPSA) is 119 Å². The van der Waals surface area contributed by atoms with Crippen LogP contribution in [0.1, 0.15) is 0 Å². The molecule has 0 fully saturated rings. The van der Waals surface area contributed by atoms with Gasteiger partial charge in [-0.3, -0.25) is 15.5 Å². The summed E-state index contributed by atoms with van der Waals surface area (Å²) in [5.74, 6) is -0.333. The fraction of sp³-hybridized carbons (Fsp3) is 0. The standard InChI is InChI=1S/C2H3NO2.CH5N3/c1-2-3(4)5;2-1(3)4/h2H,1H2;(H5,2,3,4). The van der Waals surface area contributed by atoms with Crippen LogP contribution in [-0.2, 0) is 0 Å². The molecule has 6 heteroatoms. The van der Waals surface area contributed by atoms with E-state index in [1.807, 2.05) is 0 Å². The molecule has 0 aliphatic heterocycles. The lowest BCUT2D eigenvalue weighted by Gasteiger charge is -1.69. The normalized spacial score (nSPS) is 6.22. The maximum atomic E-state index is 9.06. The molecule has 0 aliphatic rings. The number of hydrogen-bond acceptors (Lipinski definition) is 3. The van der Waals surface area contributed by atoms with Crippen molar-refractivity contribution in [2.24, 2.45) is 11.5 Å². The SMILES string of the molecule is C=C[N+](=O)[O-].N=C(N)N. The first-order valence-electron chi connectivity index (χ1n) is 1.86. The Morgan fingerprint density at radius 3 is 1.89 bits per heavy atom. The van der Waals surface area contributed by atoms with Gasteiger partial charge in [0, 0.05) is 0 Å². The Hall–Kier alpha value is -1.59. The van der Waals surface area contributed by atoms with E-state index < -0.39 is 4.92 Å². The molecule has 6 nitrogen and oxygen atoms in total. The zero-order valence-corrected chi connectivity index (χ0v) is 4.70. The van der Waals surface area contributed by atoms with E-state index in [2.05, 4.69) is 18.0 Å². The Balaban J connectivity index is 0. The van der Waals surface area contributed by atoms with E-state index in [1.165, 1.54) is 0 Å². The average molecular weight is 132 g/mol. The highest BCUT2D eigenvalue weighted by molar-refractivity contribution is 5.71. The molecule has 9 heavy (non-hydrogen) atoms. The fourth-order valence-electron chi connectivity index (χ4n) is 0. The van der Waals surface area contributed by atoms with Crippen LogP contribution in [0, 0.1) is 15.5 Å². The summed E-state index contributed by atoms with van der Waals surface area (Å²) in [7, 11) is 0. The summed E-state index contributed by atoms with van der Waals surface area (Å²) < 4.78 is 0. The fourth-order valence-corrected chi connectivity index (χ4v) is 0. The minimum Gasteiger partial charge on any atom is -0.370 e. The smallest absolute Gasteiger partial charge is 0.227 e. The second kappa shape index (κ2) is 6.41. The minimum absolute atomic E-state index is 0.333. The molecular formula is C3H8N4O2. The minimum atomic E-state index is -0.611. The number of hydrogen-bond donors (Lipinski definition) is 3. The summed E-state index contributed by atoms with van der Waals surface area (Å²) in [6.45, 7) is 2.86. The summed E-state index contributed by atoms with van der Waals surface area (Å²) in [5, 5.41) is 15.1. The lowest BCUT2D eigenvalue weighted by atomic mass is 11.1. The first kappa shape index (κ1) is 10.4. The molecule has 0 aromatic carbocycles. The first-order valence-corrected chi connectivity index (χ1v) is 1.86. The van der Waals surface area contributed by atoms with E-state index in [0.29, 0.717) is 6.20 Å². The van der Waals surface area contributed by atoms with Crippen molar-refractivity contribution in [3.05, 3.63) is 22.9 Å². The number of nitro groups is 1. The van der Waals surface area contributed by atoms with Gasteiger partial charge < -0.3 is 11.5 Å². The van der Waals surface area contributed by atoms with E-state index in [0.717, 1.165) is 0 Å². The highest BCUT2D eigenvalue weighted by Gasteiger charge is 1.69. The van der Waals surface area contributed by atoms with Crippen molar-refractivity contribution in [2.75, 3.05) is 0 Å². The van der Waals surface area contributed by atoms with E-state index in [4.69, 9.17) is 15.5 Å². The summed E-state index contributed by atoms with van der Waals surface area (Å²) in [5.41, 5.74) is 8.94. The summed E-state index contributed by atoms with van der Waals surface area (Å²) in [4.78, 5) is 8.44. The predicted octanol–water partition coefficient (Wildman–Crippen LogP) is -0.755. The zero-order chi connectivity index (χ0) is 7.86. The molecule has 0 radical (unpaired) electrons. The van der Waals surface area contributed by atoms with Gasteiger partial charge in [-0.05, 0) is 6.58 Å². The van der Waals surface area contributed by atoms with Crippen molar-refractivity contribution in [3.63, 3.8) is 0 Å². The van der Waals surface area contributed by atoms with Gasteiger partial charge in [-0.2, -0.15) is 0 Å². The van der Waals surface area contributed by atoms with Crippen LogP contribution >= 0.6 is 0 Å². The van der Waals surface area contributed by atoms with Gasteiger partial charge in [-0.15, -0.1) is 0 Å². The van der Waals surface area contributed by atoms with Crippen molar-refractivity contribution in [2.45, 2.75) is 0 Å². The quantitative estimate of drug-likeness (QED) is 0.188. The molecule has 0 saturated heterocycles. The molecule has 0 atom stereocenters. The molecule has 0 rings (SSSR count). The van der Waals surface area contributed by atoms with Gasteiger partial charge in [0.2, 0.25) is 6.20 Å². The Bertz CT molecular complexity index is 117.